The molecule has 144 valence electrons. The number of nitrogens with zero attached hydrogens (tertiary/aromatic N) is 3. The number of benzene rings is 1. The summed E-state index contributed by atoms with van der Waals surface area (Å²) in [6.07, 6.45) is 2.37. The van der Waals surface area contributed by atoms with Gasteiger partial charge in [-0.1, -0.05) is 12.1 Å². The van der Waals surface area contributed by atoms with Crippen molar-refractivity contribution < 1.29 is 14.6 Å². The van der Waals surface area contributed by atoms with Gasteiger partial charge in [0.25, 0.3) is 0 Å². The van der Waals surface area contributed by atoms with Gasteiger partial charge < -0.3 is 14.7 Å². The van der Waals surface area contributed by atoms with Crippen molar-refractivity contribution in [3.63, 3.8) is 0 Å². The number of nitrogens with one attached hydrogen (secondary N) is 1. The van der Waals surface area contributed by atoms with Gasteiger partial charge in [-0.05, 0) is 45.7 Å². The maximum absolute atomic E-state index is 11.8. The van der Waals surface area contributed by atoms with E-state index in [1.807, 2.05) is 51.1 Å². The zero-order valence-corrected chi connectivity index (χ0v) is 16.0. The molecule has 1 aliphatic heterocycles. The minimum Gasteiger partial charge on any atom is -0.444 e. The van der Waals surface area contributed by atoms with Gasteiger partial charge in [0, 0.05) is 30.4 Å². The molecule has 0 aliphatic carbocycles. The molecule has 0 unspecified atom stereocenters. The van der Waals surface area contributed by atoms with E-state index in [0.717, 1.165) is 43.0 Å². The van der Waals surface area contributed by atoms with Crippen molar-refractivity contribution in [2.24, 2.45) is 0 Å². The highest BCUT2D eigenvalue weighted by atomic mass is 16.6. The van der Waals surface area contributed by atoms with E-state index in [-0.39, 0.29) is 6.10 Å². The molecule has 1 saturated heterocycles. The van der Waals surface area contributed by atoms with E-state index in [1.165, 1.54) is 0 Å². The lowest BCUT2D eigenvalue weighted by Gasteiger charge is -2.30. The molecule has 0 saturated carbocycles. The summed E-state index contributed by atoms with van der Waals surface area (Å²) in [6.45, 7) is 7.05. The summed E-state index contributed by atoms with van der Waals surface area (Å²) >= 11 is 0. The summed E-state index contributed by atoms with van der Waals surface area (Å²) in [7, 11) is 0. The summed E-state index contributed by atoms with van der Waals surface area (Å²) in [5.41, 5.74) is 1.87. The first kappa shape index (κ1) is 19.1. The fraction of sp³-hybridized carbons (Fsp3) is 0.450. The summed E-state index contributed by atoms with van der Waals surface area (Å²) < 4.78 is 5.25. The summed E-state index contributed by atoms with van der Waals surface area (Å²) in [4.78, 5) is 22.7. The highest BCUT2D eigenvalue weighted by Gasteiger charge is 2.19. The molecule has 0 atom stereocenters. The van der Waals surface area contributed by atoms with Crippen LogP contribution in [0.5, 0.6) is 0 Å². The van der Waals surface area contributed by atoms with Crippen LogP contribution in [0, 0.1) is 0 Å². The molecule has 7 nitrogen and oxygen atoms in total. The number of anilines is 2. The standard InChI is InChI=1S/C20H26N4O3/c1-20(2,3)27-19(26)23-15-6-4-14(5-7-15)17-12-18(22-13-21-17)24-10-8-16(25)9-11-24/h4-7,12-13,16,25H,8-11H2,1-3H3,(H,23,26). The lowest BCUT2D eigenvalue weighted by atomic mass is 10.1. The molecule has 0 spiro atoms. The van der Waals surface area contributed by atoms with E-state index < -0.39 is 11.7 Å². The monoisotopic (exact) mass is 370 g/mol. The summed E-state index contributed by atoms with van der Waals surface area (Å²) in [5.74, 6) is 0.864. The SMILES string of the molecule is CC(C)(C)OC(=O)Nc1ccc(-c2cc(N3CCC(O)CC3)ncn2)cc1. The number of aliphatic hydroxyl groups excluding tert-OH is 1. The molecule has 0 bridgehead atoms. The minimum absolute atomic E-state index is 0.215. The molecule has 1 amide bonds. The average Bonchev–Trinajstić information content (AvgIpc) is 2.61. The van der Waals surface area contributed by atoms with Crippen LogP contribution >= 0.6 is 0 Å². The number of ether oxygens (including phenoxy) is 1. The highest BCUT2D eigenvalue weighted by molar-refractivity contribution is 5.85. The molecule has 7 heteroatoms. The van der Waals surface area contributed by atoms with Crippen molar-refractivity contribution in [1.82, 2.24) is 9.97 Å². The fourth-order valence-electron chi connectivity index (χ4n) is 2.92. The Morgan fingerprint density at radius 3 is 2.48 bits per heavy atom. The Morgan fingerprint density at radius 2 is 1.85 bits per heavy atom. The first-order chi connectivity index (χ1) is 12.8. The number of aliphatic hydroxyl groups is 1. The Bertz CT molecular complexity index is 779. The number of piperidine rings is 1. The Balaban J connectivity index is 1.68. The zero-order chi connectivity index (χ0) is 19.4. The normalized spacial score (nSPS) is 15.5. The molecule has 0 radical (unpaired) electrons. The van der Waals surface area contributed by atoms with Gasteiger partial charge in [-0.15, -0.1) is 0 Å². The zero-order valence-electron chi connectivity index (χ0n) is 16.0. The molecule has 1 fully saturated rings. The van der Waals surface area contributed by atoms with Crippen molar-refractivity contribution in [3.05, 3.63) is 36.7 Å². The van der Waals surface area contributed by atoms with Crippen LogP contribution in [0.3, 0.4) is 0 Å². The van der Waals surface area contributed by atoms with Gasteiger partial charge in [-0.2, -0.15) is 0 Å². The smallest absolute Gasteiger partial charge is 0.412 e. The molecule has 2 N–H and O–H groups in total. The van der Waals surface area contributed by atoms with Crippen LogP contribution in [-0.4, -0.2) is 46.0 Å². The van der Waals surface area contributed by atoms with Crippen LogP contribution in [0.25, 0.3) is 11.3 Å². The molecule has 1 aliphatic rings. The maximum atomic E-state index is 11.8. The van der Waals surface area contributed by atoms with E-state index in [9.17, 15) is 9.90 Å². The highest BCUT2D eigenvalue weighted by Crippen LogP contribution is 2.24. The quantitative estimate of drug-likeness (QED) is 0.860. The molecule has 27 heavy (non-hydrogen) atoms. The Labute approximate surface area is 159 Å². The third-order valence-electron chi connectivity index (χ3n) is 4.27. The number of hydrogen-bond donors (Lipinski definition) is 2. The van der Waals surface area contributed by atoms with Crippen LogP contribution in [-0.2, 0) is 4.74 Å². The van der Waals surface area contributed by atoms with Gasteiger partial charge >= 0.3 is 6.09 Å². The minimum atomic E-state index is -0.536. The van der Waals surface area contributed by atoms with Crippen LogP contribution in [0.1, 0.15) is 33.6 Å². The molecule has 2 heterocycles. The first-order valence-corrected chi connectivity index (χ1v) is 9.16. The van der Waals surface area contributed by atoms with Gasteiger partial charge in [0.1, 0.15) is 17.7 Å². The van der Waals surface area contributed by atoms with Gasteiger partial charge in [0.05, 0.1) is 11.8 Å². The number of aromatic nitrogens is 2. The number of hydrogen-bond acceptors (Lipinski definition) is 6. The molecule has 1 aromatic heterocycles. The summed E-state index contributed by atoms with van der Waals surface area (Å²) in [6, 6.07) is 9.39. The second-order valence-corrected chi connectivity index (χ2v) is 7.68. The van der Waals surface area contributed by atoms with E-state index in [1.54, 1.807) is 6.33 Å². The third-order valence-corrected chi connectivity index (χ3v) is 4.27. The largest absolute Gasteiger partial charge is 0.444 e. The van der Waals surface area contributed by atoms with Gasteiger partial charge in [-0.3, -0.25) is 5.32 Å². The van der Waals surface area contributed by atoms with E-state index >= 15 is 0 Å². The third kappa shape index (κ3) is 5.40. The van der Waals surface area contributed by atoms with E-state index in [2.05, 4.69) is 20.2 Å². The van der Waals surface area contributed by atoms with E-state index in [0.29, 0.717) is 5.69 Å². The van der Waals surface area contributed by atoms with Crippen molar-refractivity contribution in [1.29, 1.82) is 0 Å². The van der Waals surface area contributed by atoms with Crippen LogP contribution in [0.15, 0.2) is 36.7 Å². The number of carbonyl (C=O) groups excluding carboxylic acids is 1. The Kier molecular flexibility index (Phi) is 5.60. The van der Waals surface area contributed by atoms with Crippen LogP contribution < -0.4 is 10.2 Å². The Morgan fingerprint density at radius 1 is 1.19 bits per heavy atom. The first-order valence-electron chi connectivity index (χ1n) is 9.16. The lowest BCUT2D eigenvalue weighted by molar-refractivity contribution is 0.0636. The predicted octanol–water partition coefficient (Wildman–Crippen LogP) is 3.45. The number of carbonyl (C=O) groups is 1. The van der Waals surface area contributed by atoms with Crippen LogP contribution in [0.2, 0.25) is 0 Å². The van der Waals surface area contributed by atoms with Crippen LogP contribution in [0.4, 0.5) is 16.3 Å². The maximum Gasteiger partial charge on any atom is 0.412 e. The summed E-state index contributed by atoms with van der Waals surface area (Å²) in [5, 5.41) is 12.4. The van der Waals surface area contributed by atoms with Gasteiger partial charge in [0.2, 0.25) is 0 Å². The molecular formula is C20H26N4O3. The second kappa shape index (κ2) is 7.92. The van der Waals surface area contributed by atoms with Gasteiger partial charge in [-0.25, -0.2) is 14.8 Å². The fourth-order valence-corrected chi connectivity index (χ4v) is 2.92. The number of rotatable bonds is 3. The van der Waals surface area contributed by atoms with Crippen molar-refractivity contribution in [2.75, 3.05) is 23.3 Å². The molecule has 3 rings (SSSR count). The topological polar surface area (TPSA) is 87.6 Å². The van der Waals surface area contributed by atoms with Crippen molar-refractivity contribution in [3.8, 4) is 11.3 Å². The predicted molar refractivity (Wildman–Crippen MR) is 105 cm³/mol. The molecular weight excluding hydrogens is 344 g/mol. The van der Waals surface area contributed by atoms with E-state index in [4.69, 9.17) is 4.74 Å². The average molecular weight is 370 g/mol. The Hall–Kier alpha value is -2.67. The van der Waals surface area contributed by atoms with Gasteiger partial charge in [0.15, 0.2) is 0 Å². The lowest BCUT2D eigenvalue weighted by Crippen LogP contribution is -2.36. The molecule has 2 aromatic rings. The van der Waals surface area contributed by atoms with Crippen molar-refractivity contribution in [2.45, 2.75) is 45.3 Å². The second-order valence-electron chi connectivity index (χ2n) is 7.68. The molecule has 1 aromatic carbocycles. The van der Waals surface area contributed by atoms with Crippen molar-refractivity contribution >= 4 is 17.6 Å². The number of amides is 1.